The van der Waals surface area contributed by atoms with Crippen molar-refractivity contribution in [2.75, 3.05) is 6.54 Å². The Morgan fingerprint density at radius 1 is 1.23 bits per heavy atom. The summed E-state index contributed by atoms with van der Waals surface area (Å²) in [7, 11) is -3.53. The highest BCUT2D eigenvalue weighted by Crippen LogP contribution is 2.26. The number of sulfonamides is 1. The van der Waals surface area contributed by atoms with E-state index >= 15 is 0 Å². The van der Waals surface area contributed by atoms with Gasteiger partial charge in [-0.1, -0.05) is 12.5 Å². The van der Waals surface area contributed by atoms with Gasteiger partial charge in [-0.15, -0.1) is 0 Å². The van der Waals surface area contributed by atoms with Crippen LogP contribution in [0.3, 0.4) is 0 Å². The molecule has 1 aliphatic carbocycles. The molecule has 0 unspecified atom stereocenters. The van der Waals surface area contributed by atoms with Crippen molar-refractivity contribution < 1.29 is 13.2 Å². The van der Waals surface area contributed by atoms with E-state index in [9.17, 15) is 13.2 Å². The van der Waals surface area contributed by atoms with Crippen LogP contribution in [-0.4, -0.2) is 37.3 Å². The molecule has 2 aliphatic rings. The molecule has 120 valence electrons. The van der Waals surface area contributed by atoms with Crippen molar-refractivity contribution in [1.29, 1.82) is 0 Å². The normalized spacial score (nSPS) is 23.2. The predicted octanol–water partition coefficient (Wildman–Crippen LogP) is 2.14. The van der Waals surface area contributed by atoms with Crippen LogP contribution in [0.25, 0.3) is 0 Å². The summed E-state index contributed by atoms with van der Waals surface area (Å²) in [6, 6.07) is 6.65. The van der Waals surface area contributed by atoms with E-state index in [0.29, 0.717) is 12.1 Å². The zero-order valence-electron chi connectivity index (χ0n) is 12.8. The molecule has 6 heteroatoms. The van der Waals surface area contributed by atoms with E-state index in [2.05, 4.69) is 5.32 Å². The van der Waals surface area contributed by atoms with Gasteiger partial charge in [0.25, 0.3) is 5.91 Å². The zero-order valence-corrected chi connectivity index (χ0v) is 13.6. The number of piperidine rings is 1. The molecule has 1 aliphatic heterocycles. The maximum Gasteiger partial charge on any atom is 0.251 e. The molecule has 1 N–H and O–H groups in total. The summed E-state index contributed by atoms with van der Waals surface area (Å²) in [5.74, 6) is -0.189. The second-order valence-electron chi connectivity index (χ2n) is 6.24. The Kier molecular flexibility index (Phi) is 4.23. The fraction of sp³-hybridized carbons (Fsp3) is 0.562. The van der Waals surface area contributed by atoms with E-state index in [1.54, 1.807) is 22.5 Å². The van der Waals surface area contributed by atoms with Gasteiger partial charge in [-0.25, -0.2) is 8.42 Å². The summed E-state index contributed by atoms with van der Waals surface area (Å²) in [6.07, 6.45) is 4.87. The Balaban J connectivity index is 1.85. The van der Waals surface area contributed by atoms with Gasteiger partial charge in [0.05, 0.1) is 4.90 Å². The Morgan fingerprint density at radius 2 is 2.00 bits per heavy atom. The van der Waals surface area contributed by atoms with Crippen LogP contribution in [0.5, 0.6) is 0 Å². The highest BCUT2D eigenvalue weighted by molar-refractivity contribution is 7.89. The number of nitrogens with zero attached hydrogens (tertiary/aromatic N) is 1. The molecule has 1 saturated carbocycles. The first-order chi connectivity index (χ1) is 10.5. The van der Waals surface area contributed by atoms with Crippen molar-refractivity contribution in [2.45, 2.75) is 56.0 Å². The number of hydrogen-bond donors (Lipinski definition) is 1. The van der Waals surface area contributed by atoms with Gasteiger partial charge in [-0.2, -0.15) is 4.31 Å². The van der Waals surface area contributed by atoms with Crippen LogP contribution < -0.4 is 5.32 Å². The minimum absolute atomic E-state index is 0.0164. The maximum atomic E-state index is 12.8. The van der Waals surface area contributed by atoms with Crippen LogP contribution in [-0.2, 0) is 10.0 Å². The highest BCUT2D eigenvalue weighted by Gasteiger charge is 2.31. The Bertz CT molecular complexity index is 668. The van der Waals surface area contributed by atoms with Crippen LogP contribution in [0.1, 0.15) is 49.4 Å². The molecule has 2 fully saturated rings. The smallest absolute Gasteiger partial charge is 0.251 e. The number of amides is 1. The van der Waals surface area contributed by atoms with Gasteiger partial charge < -0.3 is 5.32 Å². The van der Waals surface area contributed by atoms with Crippen molar-refractivity contribution >= 4 is 15.9 Å². The second-order valence-corrected chi connectivity index (χ2v) is 8.13. The van der Waals surface area contributed by atoms with Crippen molar-refractivity contribution in [2.24, 2.45) is 0 Å². The third-order valence-electron chi connectivity index (χ3n) is 4.36. The summed E-state index contributed by atoms with van der Waals surface area (Å²) >= 11 is 0. The topological polar surface area (TPSA) is 66.5 Å². The Morgan fingerprint density at radius 3 is 2.68 bits per heavy atom. The van der Waals surface area contributed by atoms with Gasteiger partial charge in [-0.3, -0.25) is 4.79 Å². The quantitative estimate of drug-likeness (QED) is 0.923. The number of carbonyl (C=O) groups is 1. The van der Waals surface area contributed by atoms with E-state index in [0.717, 1.165) is 32.1 Å². The van der Waals surface area contributed by atoms with Gasteiger partial charge >= 0.3 is 0 Å². The standard InChI is InChI=1S/C16H22N2O3S/c1-12-5-2-3-10-18(12)22(20,21)15-7-4-6-13(11-15)16(19)17-14-8-9-14/h4,6-7,11-12,14H,2-3,5,8-10H2,1H3,(H,17,19)/t12-/m0/s1. The van der Waals surface area contributed by atoms with Crippen molar-refractivity contribution in [3.05, 3.63) is 29.8 Å². The summed E-state index contributed by atoms with van der Waals surface area (Å²) in [5.41, 5.74) is 0.414. The third-order valence-corrected chi connectivity index (χ3v) is 6.37. The molecule has 1 aromatic rings. The SMILES string of the molecule is C[C@H]1CCCCN1S(=O)(=O)c1cccc(C(=O)NC2CC2)c1. The van der Waals surface area contributed by atoms with E-state index in [4.69, 9.17) is 0 Å². The lowest BCUT2D eigenvalue weighted by Crippen LogP contribution is -2.42. The molecule has 0 spiro atoms. The van der Waals surface area contributed by atoms with E-state index in [-0.39, 0.29) is 22.9 Å². The average Bonchev–Trinajstić information content (AvgIpc) is 3.31. The zero-order chi connectivity index (χ0) is 15.7. The molecule has 1 heterocycles. The first kappa shape index (κ1) is 15.5. The lowest BCUT2D eigenvalue weighted by Gasteiger charge is -2.32. The largest absolute Gasteiger partial charge is 0.349 e. The third kappa shape index (κ3) is 3.17. The first-order valence-electron chi connectivity index (χ1n) is 7.91. The molecule has 1 atom stereocenters. The van der Waals surface area contributed by atoms with Crippen LogP contribution in [0.4, 0.5) is 0 Å². The van der Waals surface area contributed by atoms with E-state index < -0.39 is 10.0 Å². The summed E-state index contributed by atoms with van der Waals surface area (Å²) in [5, 5.41) is 2.89. The van der Waals surface area contributed by atoms with Crippen LogP contribution >= 0.6 is 0 Å². The van der Waals surface area contributed by atoms with Crippen molar-refractivity contribution in [3.8, 4) is 0 Å². The molecule has 3 rings (SSSR count). The molecular formula is C16H22N2O3S. The molecule has 1 amide bonds. The van der Waals surface area contributed by atoms with Gasteiger partial charge in [0.1, 0.15) is 0 Å². The van der Waals surface area contributed by atoms with Crippen molar-refractivity contribution in [3.63, 3.8) is 0 Å². The van der Waals surface area contributed by atoms with Gasteiger partial charge in [-0.05, 0) is 50.8 Å². The molecule has 0 radical (unpaired) electrons. The molecule has 22 heavy (non-hydrogen) atoms. The van der Waals surface area contributed by atoms with Gasteiger partial charge in [0, 0.05) is 24.2 Å². The van der Waals surface area contributed by atoms with Crippen LogP contribution in [0, 0.1) is 0 Å². The monoisotopic (exact) mass is 322 g/mol. The number of carbonyl (C=O) groups excluding carboxylic acids is 1. The first-order valence-corrected chi connectivity index (χ1v) is 9.35. The highest BCUT2D eigenvalue weighted by atomic mass is 32.2. The van der Waals surface area contributed by atoms with E-state index in [1.165, 1.54) is 6.07 Å². The molecule has 0 bridgehead atoms. The predicted molar refractivity (Wildman–Crippen MR) is 84.1 cm³/mol. The Hall–Kier alpha value is -1.40. The maximum absolute atomic E-state index is 12.8. The minimum Gasteiger partial charge on any atom is -0.349 e. The van der Waals surface area contributed by atoms with Crippen LogP contribution in [0.15, 0.2) is 29.2 Å². The van der Waals surface area contributed by atoms with Gasteiger partial charge in [0.15, 0.2) is 0 Å². The Labute approximate surface area is 131 Å². The summed E-state index contributed by atoms with van der Waals surface area (Å²) in [4.78, 5) is 12.3. The van der Waals surface area contributed by atoms with Gasteiger partial charge in [0.2, 0.25) is 10.0 Å². The molecule has 1 saturated heterocycles. The summed E-state index contributed by atoms with van der Waals surface area (Å²) < 4.78 is 27.2. The fourth-order valence-electron chi connectivity index (χ4n) is 2.86. The molecule has 5 nitrogen and oxygen atoms in total. The lowest BCUT2D eigenvalue weighted by atomic mass is 10.1. The number of hydrogen-bond acceptors (Lipinski definition) is 3. The number of benzene rings is 1. The molecular weight excluding hydrogens is 300 g/mol. The minimum atomic E-state index is -3.53. The summed E-state index contributed by atoms with van der Waals surface area (Å²) in [6.45, 7) is 2.50. The average molecular weight is 322 g/mol. The number of nitrogens with one attached hydrogen (secondary N) is 1. The van der Waals surface area contributed by atoms with E-state index in [1.807, 2.05) is 6.92 Å². The second kappa shape index (κ2) is 6.01. The molecule has 1 aromatic carbocycles. The molecule has 0 aromatic heterocycles. The van der Waals surface area contributed by atoms with Crippen molar-refractivity contribution in [1.82, 2.24) is 9.62 Å². The fourth-order valence-corrected chi connectivity index (χ4v) is 4.60. The lowest BCUT2D eigenvalue weighted by molar-refractivity contribution is 0.0951. The number of rotatable bonds is 4. The van der Waals surface area contributed by atoms with Crippen LogP contribution in [0.2, 0.25) is 0 Å².